The van der Waals surface area contributed by atoms with Crippen LogP contribution in [-0.4, -0.2) is 47.3 Å². The second kappa shape index (κ2) is 10.1. The number of carbonyl (C=O) groups excluding carboxylic acids is 1. The van der Waals surface area contributed by atoms with Crippen molar-refractivity contribution in [2.24, 2.45) is 0 Å². The van der Waals surface area contributed by atoms with Crippen molar-refractivity contribution in [1.29, 1.82) is 0 Å². The molecule has 0 bridgehead atoms. The van der Waals surface area contributed by atoms with Crippen molar-refractivity contribution in [3.05, 3.63) is 71.5 Å². The summed E-state index contributed by atoms with van der Waals surface area (Å²) in [6.45, 7) is 7.66. The lowest BCUT2D eigenvalue weighted by Gasteiger charge is -2.16. The first-order valence-electron chi connectivity index (χ1n) is 10.2. The molecule has 1 heterocycles. The number of likely N-dealkylation sites (N-methyl/N-ethyl adjacent to an activating group) is 1. The van der Waals surface area contributed by atoms with Crippen molar-refractivity contribution in [2.75, 3.05) is 32.1 Å². The quantitative estimate of drug-likeness (QED) is 0.543. The number of anilines is 1. The molecule has 1 amide bonds. The molecule has 3 rings (SSSR count). The van der Waals surface area contributed by atoms with E-state index in [2.05, 4.69) is 29.5 Å². The third kappa shape index (κ3) is 5.70. The maximum absolute atomic E-state index is 12.6. The average Bonchev–Trinajstić information content (AvgIpc) is 3.01. The van der Waals surface area contributed by atoms with E-state index in [4.69, 9.17) is 4.74 Å². The lowest BCUT2D eigenvalue weighted by Crippen LogP contribution is -2.31. The van der Waals surface area contributed by atoms with E-state index in [1.54, 1.807) is 0 Å². The number of carbonyl (C=O) groups is 1. The highest BCUT2D eigenvalue weighted by atomic mass is 16.5. The molecule has 0 atom stereocenters. The molecule has 0 aliphatic rings. The molecule has 6 nitrogen and oxygen atoms in total. The molecule has 0 aliphatic heterocycles. The normalized spacial score (nSPS) is 11.0. The van der Waals surface area contributed by atoms with E-state index in [0.29, 0.717) is 13.2 Å². The van der Waals surface area contributed by atoms with E-state index in [9.17, 15) is 4.79 Å². The number of aromatic nitrogens is 2. The molecule has 0 saturated heterocycles. The zero-order valence-corrected chi connectivity index (χ0v) is 18.2. The van der Waals surface area contributed by atoms with Gasteiger partial charge in [-0.05, 0) is 58.5 Å². The van der Waals surface area contributed by atoms with Crippen LogP contribution in [0.4, 0.5) is 5.69 Å². The van der Waals surface area contributed by atoms with Crippen LogP contribution in [0, 0.1) is 20.8 Å². The zero-order valence-electron chi connectivity index (χ0n) is 18.2. The van der Waals surface area contributed by atoms with Crippen molar-refractivity contribution in [3.8, 4) is 11.4 Å². The highest BCUT2D eigenvalue weighted by Gasteiger charge is 2.16. The van der Waals surface area contributed by atoms with Gasteiger partial charge in [0.05, 0.1) is 35.9 Å². The van der Waals surface area contributed by atoms with Crippen molar-refractivity contribution in [3.63, 3.8) is 0 Å². The molecule has 30 heavy (non-hydrogen) atoms. The molecule has 1 N–H and O–H groups in total. The number of benzene rings is 2. The first-order valence-corrected chi connectivity index (χ1v) is 10.2. The van der Waals surface area contributed by atoms with Crippen molar-refractivity contribution >= 4 is 11.6 Å². The third-order valence-corrected chi connectivity index (χ3v) is 4.94. The summed E-state index contributed by atoms with van der Waals surface area (Å²) in [5, 5.41) is 7.64. The van der Waals surface area contributed by atoms with Gasteiger partial charge in [-0.3, -0.25) is 9.69 Å². The number of rotatable bonds is 9. The van der Waals surface area contributed by atoms with Gasteiger partial charge < -0.3 is 10.1 Å². The van der Waals surface area contributed by atoms with Crippen molar-refractivity contribution in [1.82, 2.24) is 14.7 Å². The van der Waals surface area contributed by atoms with Crippen LogP contribution in [0.15, 0.2) is 54.6 Å². The lowest BCUT2D eigenvalue weighted by molar-refractivity contribution is -0.117. The minimum absolute atomic E-state index is 0.0452. The van der Waals surface area contributed by atoms with Gasteiger partial charge in [-0.15, -0.1) is 0 Å². The second-order valence-corrected chi connectivity index (χ2v) is 7.59. The van der Waals surface area contributed by atoms with Gasteiger partial charge in [0.25, 0.3) is 0 Å². The fourth-order valence-corrected chi connectivity index (χ4v) is 3.31. The van der Waals surface area contributed by atoms with Gasteiger partial charge in [0.2, 0.25) is 5.91 Å². The average molecular weight is 407 g/mol. The molecule has 0 spiro atoms. The number of ether oxygens (including phenoxy) is 1. The van der Waals surface area contributed by atoms with E-state index in [0.717, 1.165) is 41.5 Å². The SMILES string of the molecule is Cc1ccc(-n2nc(C)c(NC(=O)CN(C)CCCOc3ccccc3)c2C)cc1. The van der Waals surface area contributed by atoms with E-state index in [1.165, 1.54) is 5.56 Å². The highest BCUT2D eigenvalue weighted by molar-refractivity contribution is 5.93. The van der Waals surface area contributed by atoms with Gasteiger partial charge in [0, 0.05) is 6.54 Å². The molecule has 2 aromatic carbocycles. The Balaban J connectivity index is 1.50. The molecule has 0 radical (unpaired) electrons. The van der Waals surface area contributed by atoms with Gasteiger partial charge in [-0.25, -0.2) is 4.68 Å². The molecule has 0 aliphatic carbocycles. The van der Waals surface area contributed by atoms with Gasteiger partial charge in [0.1, 0.15) is 5.75 Å². The Morgan fingerprint density at radius 2 is 1.77 bits per heavy atom. The predicted molar refractivity (Wildman–Crippen MR) is 120 cm³/mol. The Bertz CT molecular complexity index is 965. The summed E-state index contributed by atoms with van der Waals surface area (Å²) in [6.07, 6.45) is 0.849. The molecule has 3 aromatic rings. The fourth-order valence-electron chi connectivity index (χ4n) is 3.31. The Morgan fingerprint density at radius 1 is 1.07 bits per heavy atom. The van der Waals surface area contributed by atoms with Crippen molar-refractivity contribution < 1.29 is 9.53 Å². The summed E-state index contributed by atoms with van der Waals surface area (Å²) in [7, 11) is 1.94. The number of aryl methyl sites for hydroxylation is 2. The van der Waals surface area contributed by atoms with E-state index < -0.39 is 0 Å². The summed E-state index contributed by atoms with van der Waals surface area (Å²) in [5.41, 5.74) is 4.69. The van der Waals surface area contributed by atoms with Gasteiger partial charge in [-0.1, -0.05) is 35.9 Å². The number of nitrogens with one attached hydrogen (secondary N) is 1. The summed E-state index contributed by atoms with van der Waals surface area (Å²) < 4.78 is 7.57. The Kier molecular flexibility index (Phi) is 7.25. The van der Waals surface area contributed by atoms with Crippen LogP contribution in [0.3, 0.4) is 0 Å². The molecule has 0 unspecified atom stereocenters. The molecule has 6 heteroatoms. The molecule has 158 valence electrons. The van der Waals surface area contributed by atoms with E-state index in [1.807, 2.05) is 72.9 Å². The van der Waals surface area contributed by atoms with Crippen LogP contribution in [0.5, 0.6) is 5.75 Å². The number of nitrogens with zero attached hydrogens (tertiary/aromatic N) is 3. The topological polar surface area (TPSA) is 59.4 Å². The summed E-state index contributed by atoms with van der Waals surface area (Å²) in [4.78, 5) is 14.5. The molecule has 0 fully saturated rings. The third-order valence-electron chi connectivity index (χ3n) is 4.94. The second-order valence-electron chi connectivity index (χ2n) is 7.59. The van der Waals surface area contributed by atoms with E-state index >= 15 is 0 Å². The number of hydrogen-bond acceptors (Lipinski definition) is 4. The Labute approximate surface area is 178 Å². The van der Waals surface area contributed by atoms with Gasteiger partial charge in [0.15, 0.2) is 0 Å². The van der Waals surface area contributed by atoms with Crippen LogP contribution >= 0.6 is 0 Å². The predicted octanol–water partition coefficient (Wildman–Crippen LogP) is 4.14. The van der Waals surface area contributed by atoms with Crippen LogP contribution in [0.1, 0.15) is 23.4 Å². The zero-order chi connectivity index (χ0) is 21.5. The molecule has 1 aromatic heterocycles. The maximum Gasteiger partial charge on any atom is 0.238 e. The van der Waals surface area contributed by atoms with Crippen molar-refractivity contribution in [2.45, 2.75) is 27.2 Å². The number of para-hydroxylation sites is 1. The van der Waals surface area contributed by atoms with E-state index in [-0.39, 0.29) is 5.91 Å². The largest absolute Gasteiger partial charge is 0.494 e. The molecular weight excluding hydrogens is 376 g/mol. The van der Waals surface area contributed by atoms with Crippen LogP contribution in [0.2, 0.25) is 0 Å². The minimum atomic E-state index is -0.0452. The summed E-state index contributed by atoms with van der Waals surface area (Å²) in [6, 6.07) is 17.9. The maximum atomic E-state index is 12.6. The minimum Gasteiger partial charge on any atom is -0.494 e. The Hall–Kier alpha value is -3.12. The lowest BCUT2D eigenvalue weighted by atomic mass is 10.2. The monoisotopic (exact) mass is 406 g/mol. The summed E-state index contributed by atoms with van der Waals surface area (Å²) >= 11 is 0. The highest BCUT2D eigenvalue weighted by Crippen LogP contribution is 2.23. The smallest absolute Gasteiger partial charge is 0.238 e. The standard InChI is InChI=1S/C24H30N4O2/c1-18-11-13-21(14-12-18)28-20(3)24(19(2)26-28)25-23(29)17-27(4)15-8-16-30-22-9-6-5-7-10-22/h5-7,9-14H,8,15-17H2,1-4H3,(H,25,29). The molecular formula is C24H30N4O2. The van der Waals surface area contributed by atoms with Crippen LogP contribution in [-0.2, 0) is 4.79 Å². The van der Waals surface area contributed by atoms with Crippen LogP contribution in [0.25, 0.3) is 5.69 Å². The molecule has 0 saturated carbocycles. The Morgan fingerprint density at radius 3 is 2.47 bits per heavy atom. The van der Waals surface area contributed by atoms with Gasteiger partial charge in [-0.2, -0.15) is 5.10 Å². The number of hydrogen-bond donors (Lipinski definition) is 1. The fraction of sp³-hybridized carbons (Fsp3) is 0.333. The first-order chi connectivity index (χ1) is 14.4. The van der Waals surface area contributed by atoms with Crippen LogP contribution < -0.4 is 10.1 Å². The van der Waals surface area contributed by atoms with Gasteiger partial charge >= 0.3 is 0 Å². The number of amides is 1. The summed E-state index contributed by atoms with van der Waals surface area (Å²) in [5.74, 6) is 0.825. The first kappa shape index (κ1) is 21.6.